The zero-order chi connectivity index (χ0) is 13.3. The molecule has 0 spiro atoms. The van der Waals surface area contributed by atoms with Crippen LogP contribution in [0.1, 0.15) is 17.5 Å². The molecule has 1 aliphatic heterocycles. The summed E-state index contributed by atoms with van der Waals surface area (Å²) < 4.78 is 22.8. The second kappa shape index (κ2) is 4.85. The molecule has 0 aromatic heterocycles. The van der Waals surface area contributed by atoms with Crippen LogP contribution in [0.2, 0.25) is 0 Å². The smallest absolute Gasteiger partial charge is 0.152 e. The number of sulfone groups is 1. The fraction of sp³-hybridized carbons (Fsp3) is 0.417. The Bertz CT molecular complexity index is 582. The lowest BCUT2D eigenvalue weighted by atomic mass is 10.1. The number of aryl methyl sites for hydroxylation is 1. The van der Waals surface area contributed by atoms with Crippen molar-refractivity contribution in [2.45, 2.75) is 19.4 Å². The molecule has 4 nitrogen and oxygen atoms in total. The van der Waals surface area contributed by atoms with Crippen LogP contribution in [0, 0.1) is 6.92 Å². The first-order chi connectivity index (χ1) is 8.37. The van der Waals surface area contributed by atoms with Crippen LogP contribution in [-0.4, -0.2) is 31.0 Å². The predicted octanol–water partition coefficient (Wildman–Crippen LogP) is 1.23. The Labute approximate surface area is 112 Å². The van der Waals surface area contributed by atoms with Crippen LogP contribution < -0.4 is 11.1 Å². The lowest BCUT2D eigenvalue weighted by molar-refractivity contribution is 0.602. The minimum absolute atomic E-state index is 0.00405. The number of nitrogens with one attached hydrogen (secondary N) is 1. The van der Waals surface area contributed by atoms with E-state index in [1.54, 1.807) is 0 Å². The molecule has 0 aliphatic carbocycles. The molecule has 0 bridgehead atoms. The van der Waals surface area contributed by atoms with Gasteiger partial charge in [0, 0.05) is 17.3 Å². The molecular weight excluding hydrogens is 268 g/mol. The molecule has 98 valence electrons. The molecule has 1 atom stereocenters. The predicted molar refractivity (Wildman–Crippen MR) is 77.7 cm³/mol. The largest absolute Gasteiger partial charge is 0.389 e. The maximum Gasteiger partial charge on any atom is 0.152 e. The van der Waals surface area contributed by atoms with Gasteiger partial charge in [-0.1, -0.05) is 12.2 Å². The second-order valence-electron chi connectivity index (χ2n) is 4.64. The summed E-state index contributed by atoms with van der Waals surface area (Å²) >= 11 is 4.92. The molecule has 2 rings (SSSR count). The van der Waals surface area contributed by atoms with E-state index in [1.165, 1.54) is 0 Å². The van der Waals surface area contributed by atoms with Crippen molar-refractivity contribution >= 4 is 32.7 Å². The molecule has 1 unspecified atom stereocenters. The van der Waals surface area contributed by atoms with Crippen LogP contribution >= 0.6 is 12.2 Å². The van der Waals surface area contributed by atoms with Gasteiger partial charge in [-0.3, -0.25) is 0 Å². The van der Waals surface area contributed by atoms with E-state index in [1.807, 2.05) is 25.1 Å². The highest BCUT2D eigenvalue weighted by molar-refractivity contribution is 7.91. The van der Waals surface area contributed by atoms with Crippen molar-refractivity contribution in [1.29, 1.82) is 0 Å². The number of hydrogen-bond acceptors (Lipinski definition) is 4. The van der Waals surface area contributed by atoms with Crippen LogP contribution in [0.5, 0.6) is 0 Å². The maximum atomic E-state index is 11.4. The summed E-state index contributed by atoms with van der Waals surface area (Å²) in [5, 5.41) is 3.27. The van der Waals surface area contributed by atoms with Crippen LogP contribution in [-0.2, 0) is 9.84 Å². The Kier molecular flexibility index (Phi) is 3.59. The van der Waals surface area contributed by atoms with E-state index in [9.17, 15) is 8.42 Å². The summed E-state index contributed by atoms with van der Waals surface area (Å²) in [4.78, 5) is 0.369. The van der Waals surface area contributed by atoms with E-state index in [4.69, 9.17) is 18.0 Å². The molecule has 18 heavy (non-hydrogen) atoms. The molecule has 1 aliphatic rings. The third-order valence-electron chi connectivity index (χ3n) is 3.10. The third-order valence-corrected chi connectivity index (χ3v) is 5.11. The van der Waals surface area contributed by atoms with E-state index < -0.39 is 9.84 Å². The fourth-order valence-corrected chi connectivity index (χ4v) is 3.91. The topological polar surface area (TPSA) is 72.2 Å². The van der Waals surface area contributed by atoms with Crippen molar-refractivity contribution in [3.63, 3.8) is 0 Å². The Hall–Kier alpha value is -1.14. The zero-order valence-corrected chi connectivity index (χ0v) is 11.8. The molecule has 3 N–H and O–H groups in total. The summed E-state index contributed by atoms with van der Waals surface area (Å²) in [6.45, 7) is 1.95. The Morgan fingerprint density at radius 2 is 2.22 bits per heavy atom. The summed E-state index contributed by atoms with van der Waals surface area (Å²) in [7, 11) is -2.85. The van der Waals surface area contributed by atoms with Gasteiger partial charge < -0.3 is 11.1 Å². The average molecular weight is 284 g/mol. The number of thiocarbonyl (C=S) groups is 1. The summed E-state index contributed by atoms with van der Waals surface area (Å²) in [5.74, 6) is 0.484. The van der Waals surface area contributed by atoms with Crippen LogP contribution in [0.25, 0.3) is 0 Å². The number of benzene rings is 1. The van der Waals surface area contributed by atoms with Gasteiger partial charge in [-0.2, -0.15) is 0 Å². The van der Waals surface area contributed by atoms with Gasteiger partial charge in [0.25, 0.3) is 0 Å². The van der Waals surface area contributed by atoms with Gasteiger partial charge in [0.1, 0.15) is 4.99 Å². The number of nitrogens with two attached hydrogens (primary N) is 1. The van der Waals surface area contributed by atoms with Crippen molar-refractivity contribution in [2.75, 3.05) is 16.8 Å². The monoisotopic (exact) mass is 284 g/mol. The van der Waals surface area contributed by atoms with E-state index in [0.717, 1.165) is 16.8 Å². The lowest BCUT2D eigenvalue weighted by Gasteiger charge is -2.15. The molecular formula is C12H16N2O2S2. The van der Waals surface area contributed by atoms with Gasteiger partial charge in [0.2, 0.25) is 0 Å². The molecule has 0 radical (unpaired) electrons. The Morgan fingerprint density at radius 1 is 1.50 bits per heavy atom. The number of hydrogen-bond donors (Lipinski definition) is 2. The van der Waals surface area contributed by atoms with Gasteiger partial charge in [0.15, 0.2) is 9.84 Å². The van der Waals surface area contributed by atoms with Crippen LogP contribution in [0.15, 0.2) is 18.2 Å². The zero-order valence-electron chi connectivity index (χ0n) is 10.1. The van der Waals surface area contributed by atoms with Crippen LogP contribution in [0.3, 0.4) is 0 Å². The average Bonchev–Trinajstić information content (AvgIpc) is 2.61. The standard InChI is InChI=1S/C12H16N2O2S2/c1-8-6-9(12(13)17)2-3-11(8)14-10-4-5-18(15,16)7-10/h2-3,6,10,14H,4-5,7H2,1H3,(H2,13,17). The first-order valence-corrected chi connectivity index (χ1v) is 7.98. The SMILES string of the molecule is Cc1cc(C(N)=S)ccc1NC1CCS(=O)(=O)C1. The van der Waals surface area contributed by atoms with E-state index in [2.05, 4.69) is 5.32 Å². The normalized spacial score (nSPS) is 21.7. The molecule has 1 aromatic rings. The quantitative estimate of drug-likeness (QED) is 0.817. The highest BCUT2D eigenvalue weighted by Crippen LogP contribution is 2.21. The van der Waals surface area contributed by atoms with Crippen molar-refractivity contribution < 1.29 is 8.42 Å². The Balaban J connectivity index is 2.13. The summed E-state index contributed by atoms with van der Waals surface area (Å²) in [5.41, 5.74) is 8.35. The molecule has 1 saturated heterocycles. The van der Waals surface area contributed by atoms with Gasteiger partial charge in [-0.25, -0.2) is 8.42 Å². The van der Waals surface area contributed by atoms with Gasteiger partial charge in [-0.05, 0) is 37.1 Å². The maximum absolute atomic E-state index is 11.4. The molecule has 0 saturated carbocycles. The molecule has 6 heteroatoms. The summed E-state index contributed by atoms with van der Waals surface area (Å²) in [6, 6.07) is 5.66. The third kappa shape index (κ3) is 3.00. The van der Waals surface area contributed by atoms with Crippen molar-refractivity contribution in [1.82, 2.24) is 0 Å². The second-order valence-corrected chi connectivity index (χ2v) is 7.31. The molecule has 0 amide bonds. The molecule has 1 heterocycles. The number of anilines is 1. The summed E-state index contributed by atoms with van der Waals surface area (Å²) in [6.07, 6.45) is 0.666. The van der Waals surface area contributed by atoms with Crippen molar-refractivity contribution in [3.05, 3.63) is 29.3 Å². The van der Waals surface area contributed by atoms with Gasteiger partial charge in [-0.15, -0.1) is 0 Å². The van der Waals surface area contributed by atoms with Gasteiger partial charge in [0.05, 0.1) is 11.5 Å². The molecule has 1 fully saturated rings. The fourth-order valence-electron chi connectivity index (χ4n) is 2.11. The van der Waals surface area contributed by atoms with Crippen molar-refractivity contribution in [2.24, 2.45) is 5.73 Å². The van der Waals surface area contributed by atoms with Gasteiger partial charge >= 0.3 is 0 Å². The Morgan fingerprint density at radius 3 is 2.72 bits per heavy atom. The molecule has 1 aromatic carbocycles. The van der Waals surface area contributed by atoms with E-state index >= 15 is 0 Å². The first-order valence-electron chi connectivity index (χ1n) is 5.75. The first kappa shape index (κ1) is 13.3. The minimum Gasteiger partial charge on any atom is -0.389 e. The van der Waals surface area contributed by atoms with Crippen molar-refractivity contribution in [3.8, 4) is 0 Å². The minimum atomic E-state index is -2.85. The number of rotatable bonds is 3. The van der Waals surface area contributed by atoms with Crippen LogP contribution in [0.4, 0.5) is 5.69 Å². The highest BCUT2D eigenvalue weighted by atomic mass is 32.2. The lowest BCUT2D eigenvalue weighted by Crippen LogP contribution is -2.21. The van der Waals surface area contributed by atoms with E-state index in [-0.39, 0.29) is 17.5 Å². The highest BCUT2D eigenvalue weighted by Gasteiger charge is 2.27. The van der Waals surface area contributed by atoms with E-state index in [0.29, 0.717) is 11.4 Å².